The molecule has 1 atom stereocenters. The van der Waals surface area contributed by atoms with Crippen LogP contribution in [0.2, 0.25) is 0 Å². The first-order chi connectivity index (χ1) is 8.40. The Kier molecular flexibility index (Phi) is 2.09. The molecule has 1 fully saturated rings. The van der Waals surface area contributed by atoms with Crippen molar-refractivity contribution < 1.29 is 9.47 Å². The third-order valence-corrected chi connectivity index (χ3v) is 4.32. The van der Waals surface area contributed by atoms with Gasteiger partial charge in [0, 0.05) is 12.6 Å². The quantitative estimate of drug-likeness (QED) is 0.681. The summed E-state index contributed by atoms with van der Waals surface area (Å²) in [6.07, 6.45) is 5.06. The summed E-state index contributed by atoms with van der Waals surface area (Å²) in [5, 5.41) is 0. The van der Waals surface area contributed by atoms with Crippen molar-refractivity contribution in [2.24, 2.45) is 0 Å². The molecule has 3 nitrogen and oxygen atoms in total. The average molecular weight is 231 g/mol. The maximum atomic E-state index is 5.48. The molecule has 0 aliphatic carbocycles. The van der Waals surface area contributed by atoms with E-state index in [9.17, 15) is 0 Å². The lowest BCUT2D eigenvalue weighted by Crippen LogP contribution is -2.30. The van der Waals surface area contributed by atoms with Crippen LogP contribution in [-0.2, 0) is 12.8 Å². The van der Waals surface area contributed by atoms with Gasteiger partial charge >= 0.3 is 0 Å². The number of benzene rings is 1. The van der Waals surface area contributed by atoms with Crippen LogP contribution in [0.1, 0.15) is 24.0 Å². The van der Waals surface area contributed by atoms with E-state index < -0.39 is 0 Å². The molecule has 1 aromatic rings. The molecule has 0 bridgehead atoms. The maximum Gasteiger partial charge on any atom is 0.231 e. The first-order valence-corrected chi connectivity index (χ1v) is 6.55. The standard InChI is InChI=1S/C14H17NO2/c1-2-12-6-11-8-14-13(16-9-17-14)7-10(11)3-5-15(12)4-1/h7-8,12H,1-6,9H2/t12-/m1/s1. The van der Waals surface area contributed by atoms with Crippen molar-refractivity contribution in [3.8, 4) is 11.5 Å². The van der Waals surface area contributed by atoms with Gasteiger partial charge in [-0.1, -0.05) is 0 Å². The SMILES string of the molecule is c1c2c(cc3c1OCO3)C[C@H]1CCCN1CC2. The van der Waals surface area contributed by atoms with Gasteiger partial charge in [-0.15, -0.1) is 0 Å². The summed E-state index contributed by atoms with van der Waals surface area (Å²) >= 11 is 0. The van der Waals surface area contributed by atoms with E-state index in [1.54, 1.807) is 0 Å². The second-order valence-electron chi connectivity index (χ2n) is 5.26. The molecular formula is C14H17NO2. The zero-order valence-electron chi connectivity index (χ0n) is 9.95. The molecule has 0 saturated carbocycles. The molecule has 0 radical (unpaired) electrons. The van der Waals surface area contributed by atoms with E-state index in [0.29, 0.717) is 6.79 Å². The highest BCUT2D eigenvalue weighted by molar-refractivity contribution is 5.49. The number of hydrogen-bond donors (Lipinski definition) is 0. The molecule has 3 heterocycles. The van der Waals surface area contributed by atoms with Gasteiger partial charge in [-0.25, -0.2) is 0 Å². The van der Waals surface area contributed by atoms with Crippen molar-refractivity contribution in [1.29, 1.82) is 0 Å². The molecule has 3 aliphatic heterocycles. The Morgan fingerprint density at radius 1 is 1.06 bits per heavy atom. The molecule has 3 heteroatoms. The number of hydrogen-bond acceptors (Lipinski definition) is 3. The second-order valence-corrected chi connectivity index (χ2v) is 5.26. The molecule has 3 aliphatic rings. The summed E-state index contributed by atoms with van der Waals surface area (Å²) in [5.74, 6) is 1.88. The number of fused-ring (bicyclic) bond motifs is 3. The fourth-order valence-electron chi connectivity index (χ4n) is 3.39. The van der Waals surface area contributed by atoms with Gasteiger partial charge in [0.25, 0.3) is 0 Å². The first kappa shape index (κ1) is 9.77. The van der Waals surface area contributed by atoms with E-state index >= 15 is 0 Å². The Hall–Kier alpha value is -1.22. The van der Waals surface area contributed by atoms with E-state index in [2.05, 4.69) is 17.0 Å². The molecule has 0 aromatic heterocycles. The van der Waals surface area contributed by atoms with Crippen LogP contribution in [0, 0.1) is 0 Å². The number of nitrogens with zero attached hydrogens (tertiary/aromatic N) is 1. The average Bonchev–Trinajstić information content (AvgIpc) is 2.92. The molecule has 0 N–H and O–H groups in total. The monoisotopic (exact) mass is 231 g/mol. The summed E-state index contributed by atoms with van der Waals surface area (Å²) < 4.78 is 10.9. The molecule has 0 spiro atoms. The van der Waals surface area contributed by atoms with Crippen LogP contribution in [0.4, 0.5) is 0 Å². The van der Waals surface area contributed by atoms with Crippen molar-refractivity contribution in [1.82, 2.24) is 4.90 Å². The highest BCUT2D eigenvalue weighted by atomic mass is 16.7. The summed E-state index contributed by atoms with van der Waals surface area (Å²) in [4.78, 5) is 2.65. The normalized spacial score (nSPS) is 26.5. The van der Waals surface area contributed by atoms with Crippen LogP contribution in [-0.4, -0.2) is 30.8 Å². The van der Waals surface area contributed by atoms with E-state index in [-0.39, 0.29) is 0 Å². The molecule has 1 aromatic carbocycles. The Bertz CT molecular complexity index is 458. The molecule has 0 amide bonds. The van der Waals surface area contributed by atoms with Crippen LogP contribution in [0.25, 0.3) is 0 Å². The minimum absolute atomic E-state index is 0.383. The third kappa shape index (κ3) is 1.53. The van der Waals surface area contributed by atoms with Crippen LogP contribution >= 0.6 is 0 Å². The van der Waals surface area contributed by atoms with Gasteiger partial charge in [0.1, 0.15) is 0 Å². The lowest BCUT2D eigenvalue weighted by molar-refractivity contribution is 0.174. The van der Waals surface area contributed by atoms with Gasteiger partial charge in [0.05, 0.1) is 0 Å². The Morgan fingerprint density at radius 2 is 1.88 bits per heavy atom. The van der Waals surface area contributed by atoms with Crippen molar-refractivity contribution in [3.63, 3.8) is 0 Å². The Balaban J connectivity index is 1.73. The third-order valence-electron chi connectivity index (χ3n) is 4.32. The summed E-state index contributed by atoms with van der Waals surface area (Å²) in [5.41, 5.74) is 2.94. The molecule has 17 heavy (non-hydrogen) atoms. The molecular weight excluding hydrogens is 214 g/mol. The topological polar surface area (TPSA) is 21.7 Å². The van der Waals surface area contributed by atoms with Crippen molar-refractivity contribution >= 4 is 0 Å². The smallest absolute Gasteiger partial charge is 0.231 e. The minimum atomic E-state index is 0.383. The van der Waals surface area contributed by atoms with Gasteiger partial charge in [-0.05, 0) is 55.5 Å². The molecule has 90 valence electrons. The largest absolute Gasteiger partial charge is 0.454 e. The van der Waals surface area contributed by atoms with Crippen molar-refractivity contribution in [2.75, 3.05) is 19.9 Å². The van der Waals surface area contributed by atoms with E-state index in [1.807, 2.05) is 0 Å². The highest BCUT2D eigenvalue weighted by Gasteiger charge is 2.29. The zero-order chi connectivity index (χ0) is 11.2. The number of rotatable bonds is 0. The van der Waals surface area contributed by atoms with Gasteiger partial charge in [0.2, 0.25) is 6.79 Å². The van der Waals surface area contributed by atoms with E-state index in [1.165, 1.54) is 43.5 Å². The summed E-state index contributed by atoms with van der Waals surface area (Å²) in [6.45, 7) is 2.87. The van der Waals surface area contributed by atoms with Crippen LogP contribution < -0.4 is 9.47 Å². The second kappa shape index (κ2) is 3.64. The van der Waals surface area contributed by atoms with Crippen LogP contribution in [0.3, 0.4) is 0 Å². The van der Waals surface area contributed by atoms with Gasteiger partial charge in [0.15, 0.2) is 11.5 Å². The molecule has 0 unspecified atom stereocenters. The molecule has 1 saturated heterocycles. The van der Waals surface area contributed by atoms with Gasteiger partial charge < -0.3 is 9.47 Å². The van der Waals surface area contributed by atoms with E-state index in [4.69, 9.17) is 9.47 Å². The van der Waals surface area contributed by atoms with Crippen molar-refractivity contribution in [2.45, 2.75) is 31.7 Å². The predicted octanol–water partition coefficient (Wildman–Crippen LogP) is 1.98. The minimum Gasteiger partial charge on any atom is -0.454 e. The van der Waals surface area contributed by atoms with Crippen molar-refractivity contribution in [3.05, 3.63) is 23.3 Å². The predicted molar refractivity (Wildman–Crippen MR) is 64.6 cm³/mol. The first-order valence-electron chi connectivity index (χ1n) is 6.55. The summed E-state index contributed by atoms with van der Waals surface area (Å²) in [6, 6.07) is 5.16. The van der Waals surface area contributed by atoms with Crippen LogP contribution in [0.5, 0.6) is 11.5 Å². The van der Waals surface area contributed by atoms with E-state index in [0.717, 1.165) is 24.0 Å². The fourth-order valence-corrected chi connectivity index (χ4v) is 3.39. The highest BCUT2D eigenvalue weighted by Crippen LogP contribution is 2.37. The summed E-state index contributed by atoms with van der Waals surface area (Å²) in [7, 11) is 0. The number of ether oxygens (including phenoxy) is 2. The maximum absolute atomic E-state index is 5.48. The molecule has 4 rings (SSSR count). The lowest BCUT2D eigenvalue weighted by Gasteiger charge is -2.20. The van der Waals surface area contributed by atoms with Gasteiger partial charge in [-0.2, -0.15) is 0 Å². The fraction of sp³-hybridized carbons (Fsp3) is 0.571. The Morgan fingerprint density at radius 3 is 2.76 bits per heavy atom. The van der Waals surface area contributed by atoms with Crippen LogP contribution in [0.15, 0.2) is 12.1 Å². The Labute approximate surface area is 101 Å². The van der Waals surface area contributed by atoms with Gasteiger partial charge in [-0.3, -0.25) is 4.90 Å². The zero-order valence-corrected chi connectivity index (χ0v) is 9.95. The lowest BCUT2D eigenvalue weighted by atomic mass is 9.98.